The molecule has 3 rings (SSSR count). The Labute approximate surface area is 132 Å². The smallest absolute Gasteiger partial charge is 0.315 e. The highest BCUT2D eigenvalue weighted by atomic mass is 19.1. The number of carbonyl (C=O) groups excluding carboxylic acids is 2. The Morgan fingerprint density at radius 3 is 2.35 bits per heavy atom. The summed E-state index contributed by atoms with van der Waals surface area (Å²) in [6, 6.07) is 14.0. The van der Waals surface area contributed by atoms with E-state index in [9.17, 15) is 14.0 Å². The quantitative estimate of drug-likeness (QED) is 0.804. The molecule has 3 N–H and O–H groups in total. The summed E-state index contributed by atoms with van der Waals surface area (Å²) in [7, 11) is 0. The third kappa shape index (κ3) is 3.48. The minimum atomic E-state index is -0.617. The Morgan fingerprint density at radius 2 is 1.74 bits per heavy atom. The third-order valence-corrected chi connectivity index (χ3v) is 3.71. The number of hydrogen-bond donors (Lipinski definition) is 3. The van der Waals surface area contributed by atoms with Gasteiger partial charge in [-0.15, -0.1) is 0 Å². The molecule has 23 heavy (non-hydrogen) atoms. The van der Waals surface area contributed by atoms with Crippen LogP contribution in [0.2, 0.25) is 0 Å². The molecule has 2 aromatic rings. The molecule has 118 valence electrons. The normalized spacial score (nSPS) is 18.0. The van der Waals surface area contributed by atoms with Gasteiger partial charge in [-0.2, -0.15) is 0 Å². The topological polar surface area (TPSA) is 70.2 Å². The van der Waals surface area contributed by atoms with Crippen molar-refractivity contribution >= 4 is 11.9 Å². The maximum Gasteiger partial charge on any atom is 0.315 e. The van der Waals surface area contributed by atoms with Gasteiger partial charge < -0.3 is 16.0 Å². The van der Waals surface area contributed by atoms with Crippen LogP contribution in [-0.4, -0.2) is 24.5 Å². The van der Waals surface area contributed by atoms with Crippen molar-refractivity contribution in [1.29, 1.82) is 0 Å². The molecule has 1 aliphatic rings. The highest BCUT2D eigenvalue weighted by Gasteiger charge is 2.29. The first kappa shape index (κ1) is 15.0. The molecular formula is C17H16FN3O2. The van der Waals surface area contributed by atoms with E-state index in [1.807, 2.05) is 30.3 Å². The summed E-state index contributed by atoms with van der Waals surface area (Å²) >= 11 is 0. The van der Waals surface area contributed by atoms with Crippen LogP contribution in [0.25, 0.3) is 0 Å². The molecule has 2 unspecified atom stereocenters. The minimum Gasteiger partial charge on any atom is -0.343 e. The highest BCUT2D eigenvalue weighted by molar-refractivity contribution is 5.90. The molecule has 1 aliphatic heterocycles. The van der Waals surface area contributed by atoms with Gasteiger partial charge in [-0.25, -0.2) is 9.18 Å². The van der Waals surface area contributed by atoms with Crippen molar-refractivity contribution in [2.45, 2.75) is 12.1 Å². The number of benzene rings is 2. The highest BCUT2D eigenvalue weighted by Crippen LogP contribution is 2.22. The number of hydrogen-bond acceptors (Lipinski definition) is 2. The number of rotatable bonds is 4. The number of urea groups is 1. The van der Waals surface area contributed by atoms with Crippen molar-refractivity contribution in [2.24, 2.45) is 0 Å². The lowest BCUT2D eigenvalue weighted by Crippen LogP contribution is -2.44. The molecule has 0 aliphatic carbocycles. The second kappa shape index (κ2) is 6.48. The molecule has 1 fully saturated rings. The lowest BCUT2D eigenvalue weighted by atomic mass is 9.98. The van der Waals surface area contributed by atoms with E-state index in [0.717, 1.165) is 11.1 Å². The molecule has 0 saturated carbocycles. The maximum atomic E-state index is 13.2. The van der Waals surface area contributed by atoms with Crippen molar-refractivity contribution in [2.75, 3.05) is 6.54 Å². The lowest BCUT2D eigenvalue weighted by molar-refractivity contribution is -0.122. The van der Waals surface area contributed by atoms with Gasteiger partial charge in [-0.1, -0.05) is 42.5 Å². The van der Waals surface area contributed by atoms with Gasteiger partial charge in [0.1, 0.15) is 11.9 Å². The zero-order valence-electron chi connectivity index (χ0n) is 12.3. The Balaban J connectivity index is 1.85. The van der Waals surface area contributed by atoms with Crippen molar-refractivity contribution < 1.29 is 14.0 Å². The molecular weight excluding hydrogens is 297 g/mol. The third-order valence-electron chi connectivity index (χ3n) is 3.71. The first-order chi connectivity index (χ1) is 11.1. The molecule has 0 bridgehead atoms. The second-order valence-electron chi connectivity index (χ2n) is 5.31. The van der Waals surface area contributed by atoms with E-state index in [0.29, 0.717) is 0 Å². The number of carbonyl (C=O) groups is 2. The van der Waals surface area contributed by atoms with Gasteiger partial charge in [0, 0.05) is 6.54 Å². The summed E-state index contributed by atoms with van der Waals surface area (Å²) in [5.74, 6) is -0.624. The standard InChI is InChI=1S/C17H16FN3O2/c18-13-8-6-12(7-9-13)15(11-4-2-1-3-5-11)21-16(22)14-10-19-17(23)20-14/h1-9,14-15H,10H2,(H,21,22)(H2,19,20,23). The predicted molar refractivity (Wildman–Crippen MR) is 83.2 cm³/mol. The van der Waals surface area contributed by atoms with Crippen molar-refractivity contribution in [3.63, 3.8) is 0 Å². The monoisotopic (exact) mass is 313 g/mol. The fraction of sp³-hybridized carbons (Fsp3) is 0.176. The van der Waals surface area contributed by atoms with Crippen LogP contribution < -0.4 is 16.0 Å². The van der Waals surface area contributed by atoms with Crippen LogP contribution in [0, 0.1) is 5.82 Å². The summed E-state index contributed by atoms with van der Waals surface area (Å²) in [6.07, 6.45) is 0. The maximum absolute atomic E-state index is 13.2. The van der Waals surface area contributed by atoms with Gasteiger partial charge >= 0.3 is 6.03 Å². The summed E-state index contributed by atoms with van der Waals surface area (Å²) in [5.41, 5.74) is 1.65. The van der Waals surface area contributed by atoms with E-state index < -0.39 is 12.1 Å². The molecule has 2 aromatic carbocycles. The molecule has 0 spiro atoms. The number of amides is 3. The van der Waals surface area contributed by atoms with E-state index in [1.54, 1.807) is 12.1 Å². The summed E-state index contributed by atoms with van der Waals surface area (Å²) in [6.45, 7) is 0.246. The van der Waals surface area contributed by atoms with Crippen molar-refractivity contribution in [1.82, 2.24) is 16.0 Å². The second-order valence-corrected chi connectivity index (χ2v) is 5.31. The Hall–Kier alpha value is -2.89. The first-order valence-electron chi connectivity index (χ1n) is 7.28. The Bertz CT molecular complexity index is 704. The van der Waals surface area contributed by atoms with Gasteiger partial charge in [0.2, 0.25) is 5.91 Å². The van der Waals surface area contributed by atoms with Gasteiger partial charge in [0.15, 0.2) is 0 Å². The van der Waals surface area contributed by atoms with E-state index in [4.69, 9.17) is 0 Å². The van der Waals surface area contributed by atoms with Crippen molar-refractivity contribution in [3.05, 3.63) is 71.5 Å². The summed E-state index contributed by atoms with van der Waals surface area (Å²) < 4.78 is 13.2. The van der Waals surface area contributed by atoms with E-state index in [1.165, 1.54) is 12.1 Å². The minimum absolute atomic E-state index is 0.246. The van der Waals surface area contributed by atoms with Gasteiger partial charge in [0.05, 0.1) is 6.04 Å². The molecule has 2 atom stereocenters. The van der Waals surface area contributed by atoms with Crippen molar-refractivity contribution in [3.8, 4) is 0 Å². The average molecular weight is 313 g/mol. The molecule has 3 amide bonds. The fourth-order valence-corrected chi connectivity index (χ4v) is 2.52. The first-order valence-corrected chi connectivity index (χ1v) is 7.28. The molecule has 6 heteroatoms. The lowest BCUT2D eigenvalue weighted by Gasteiger charge is -2.21. The Kier molecular flexibility index (Phi) is 4.23. The SMILES string of the molecule is O=C1NCC(C(=O)NC(c2ccccc2)c2ccc(F)cc2)N1. The van der Waals surface area contributed by atoms with Crippen LogP contribution in [0.15, 0.2) is 54.6 Å². The molecule has 1 heterocycles. The summed E-state index contributed by atoms with van der Waals surface area (Å²) in [5, 5.41) is 8.01. The molecule has 5 nitrogen and oxygen atoms in total. The van der Waals surface area contributed by atoms with Crippen LogP contribution in [0.4, 0.5) is 9.18 Å². The molecule has 0 radical (unpaired) electrons. The fourth-order valence-electron chi connectivity index (χ4n) is 2.52. The zero-order chi connectivity index (χ0) is 16.2. The summed E-state index contributed by atoms with van der Waals surface area (Å²) in [4.78, 5) is 23.6. The van der Waals surface area contributed by atoms with E-state index in [2.05, 4.69) is 16.0 Å². The number of nitrogens with one attached hydrogen (secondary N) is 3. The van der Waals surface area contributed by atoms with Gasteiger partial charge in [0.25, 0.3) is 0 Å². The van der Waals surface area contributed by atoms with Gasteiger partial charge in [-0.3, -0.25) is 4.79 Å². The number of halogens is 1. The Morgan fingerprint density at radius 1 is 1.09 bits per heavy atom. The largest absolute Gasteiger partial charge is 0.343 e. The van der Waals surface area contributed by atoms with Crippen LogP contribution in [0.1, 0.15) is 17.2 Å². The van der Waals surface area contributed by atoms with E-state index in [-0.39, 0.29) is 24.3 Å². The molecule has 1 saturated heterocycles. The predicted octanol–water partition coefficient (Wildman–Crippen LogP) is 1.71. The van der Waals surface area contributed by atoms with Crippen LogP contribution >= 0.6 is 0 Å². The molecule has 0 aromatic heterocycles. The zero-order valence-corrected chi connectivity index (χ0v) is 12.3. The van der Waals surface area contributed by atoms with Crippen LogP contribution in [-0.2, 0) is 4.79 Å². The van der Waals surface area contributed by atoms with E-state index >= 15 is 0 Å². The van der Waals surface area contributed by atoms with Gasteiger partial charge in [-0.05, 0) is 23.3 Å². The van der Waals surface area contributed by atoms with Crippen LogP contribution in [0.3, 0.4) is 0 Å². The van der Waals surface area contributed by atoms with Crippen LogP contribution in [0.5, 0.6) is 0 Å². The average Bonchev–Trinajstić information content (AvgIpc) is 3.01.